The van der Waals surface area contributed by atoms with Crippen LogP contribution in [0.1, 0.15) is 19.4 Å². The number of hydrogen-bond acceptors (Lipinski definition) is 4. The van der Waals surface area contributed by atoms with E-state index >= 15 is 0 Å². The molecule has 16 heavy (non-hydrogen) atoms. The van der Waals surface area contributed by atoms with Crippen LogP contribution in [0, 0.1) is 0 Å². The van der Waals surface area contributed by atoms with Crippen LogP contribution >= 0.6 is 22.7 Å². The van der Waals surface area contributed by atoms with E-state index < -0.39 is 5.97 Å². The molecule has 0 aliphatic carbocycles. The quantitative estimate of drug-likeness (QED) is 0.861. The third-order valence-electron chi connectivity index (χ3n) is 2.05. The molecule has 0 saturated carbocycles. The minimum absolute atomic E-state index is 0.396. The highest BCUT2D eigenvalue weighted by molar-refractivity contribution is 7.13. The minimum atomic E-state index is -0.852. The number of thiophene rings is 2. The van der Waals surface area contributed by atoms with Crippen LogP contribution in [-0.4, -0.2) is 11.1 Å². The molecule has 0 unspecified atom stereocenters. The van der Waals surface area contributed by atoms with E-state index in [0.29, 0.717) is 4.88 Å². The lowest BCUT2D eigenvalue weighted by Crippen LogP contribution is -2.10. The van der Waals surface area contributed by atoms with Gasteiger partial charge in [0.1, 0.15) is 4.88 Å². The minimum Gasteiger partial charge on any atom is -0.477 e. The van der Waals surface area contributed by atoms with Gasteiger partial charge in [-0.25, -0.2) is 4.79 Å². The van der Waals surface area contributed by atoms with Crippen molar-refractivity contribution < 1.29 is 9.90 Å². The lowest BCUT2D eigenvalue weighted by Gasteiger charge is -1.99. The zero-order valence-corrected chi connectivity index (χ0v) is 10.1. The third kappa shape index (κ3) is 2.91. The molecule has 84 valence electrons. The van der Waals surface area contributed by atoms with Crippen LogP contribution in [0.15, 0.2) is 29.6 Å². The zero-order valence-electron chi connectivity index (χ0n) is 8.47. The van der Waals surface area contributed by atoms with Crippen molar-refractivity contribution in [3.63, 3.8) is 0 Å². The Morgan fingerprint density at radius 3 is 2.69 bits per heavy atom. The van der Waals surface area contributed by atoms with Crippen LogP contribution in [-0.2, 0) is 13.1 Å². The van der Waals surface area contributed by atoms with Crippen molar-refractivity contribution in [1.29, 1.82) is 0 Å². The number of carboxylic acid groups (broad SMARTS) is 1. The van der Waals surface area contributed by atoms with Gasteiger partial charge in [-0.15, -0.1) is 22.7 Å². The molecule has 0 saturated heterocycles. The molecule has 3 nitrogen and oxygen atoms in total. The van der Waals surface area contributed by atoms with Crippen LogP contribution in [0.5, 0.6) is 0 Å². The Kier molecular flexibility index (Phi) is 3.71. The van der Waals surface area contributed by atoms with Gasteiger partial charge in [-0.2, -0.15) is 0 Å². The van der Waals surface area contributed by atoms with E-state index in [1.165, 1.54) is 16.2 Å². The number of aromatic carboxylic acids is 1. The SMILES string of the molecule is O=C(O)c1ccc(CNCc2cccs2)s1. The molecule has 0 fully saturated rings. The van der Waals surface area contributed by atoms with Gasteiger partial charge in [0.2, 0.25) is 0 Å². The zero-order chi connectivity index (χ0) is 11.4. The lowest BCUT2D eigenvalue weighted by atomic mass is 10.4. The molecule has 0 amide bonds. The lowest BCUT2D eigenvalue weighted by molar-refractivity contribution is 0.0702. The predicted molar refractivity (Wildman–Crippen MR) is 66.1 cm³/mol. The van der Waals surface area contributed by atoms with E-state index in [4.69, 9.17) is 5.11 Å². The number of carboxylic acids is 1. The average Bonchev–Trinajstić information content (AvgIpc) is 2.87. The van der Waals surface area contributed by atoms with Crippen molar-refractivity contribution in [3.05, 3.63) is 44.3 Å². The summed E-state index contributed by atoms with van der Waals surface area (Å²) in [6.07, 6.45) is 0. The van der Waals surface area contributed by atoms with Crippen LogP contribution in [0.25, 0.3) is 0 Å². The topological polar surface area (TPSA) is 49.3 Å². The second kappa shape index (κ2) is 5.25. The van der Waals surface area contributed by atoms with Gasteiger partial charge in [-0.1, -0.05) is 6.07 Å². The summed E-state index contributed by atoms with van der Waals surface area (Å²) in [6.45, 7) is 1.55. The summed E-state index contributed by atoms with van der Waals surface area (Å²) in [4.78, 5) is 13.4. The maximum absolute atomic E-state index is 10.7. The average molecular weight is 253 g/mol. The summed E-state index contributed by atoms with van der Waals surface area (Å²) < 4.78 is 0. The summed E-state index contributed by atoms with van der Waals surface area (Å²) in [5.41, 5.74) is 0. The molecule has 2 rings (SSSR count). The Morgan fingerprint density at radius 1 is 1.25 bits per heavy atom. The van der Waals surface area contributed by atoms with Gasteiger partial charge in [0.15, 0.2) is 0 Å². The third-order valence-corrected chi connectivity index (χ3v) is 4.00. The number of carbonyl (C=O) groups is 1. The van der Waals surface area contributed by atoms with Gasteiger partial charge in [-0.05, 0) is 23.6 Å². The van der Waals surface area contributed by atoms with Gasteiger partial charge in [0, 0.05) is 22.8 Å². The van der Waals surface area contributed by atoms with Crippen LogP contribution < -0.4 is 5.32 Å². The summed E-state index contributed by atoms with van der Waals surface area (Å²) in [6, 6.07) is 7.61. The maximum Gasteiger partial charge on any atom is 0.345 e. The number of nitrogens with one attached hydrogen (secondary N) is 1. The van der Waals surface area contributed by atoms with Gasteiger partial charge in [-0.3, -0.25) is 0 Å². The highest BCUT2D eigenvalue weighted by Gasteiger charge is 2.06. The summed E-state index contributed by atoms with van der Waals surface area (Å²) in [5, 5.41) is 14.1. The molecule has 0 aliphatic rings. The highest BCUT2D eigenvalue weighted by Crippen LogP contribution is 2.16. The largest absolute Gasteiger partial charge is 0.477 e. The fourth-order valence-electron chi connectivity index (χ4n) is 1.31. The van der Waals surface area contributed by atoms with Gasteiger partial charge >= 0.3 is 5.97 Å². The van der Waals surface area contributed by atoms with E-state index in [1.807, 2.05) is 17.5 Å². The van der Waals surface area contributed by atoms with Crippen LogP contribution in [0.3, 0.4) is 0 Å². The fraction of sp³-hybridized carbons (Fsp3) is 0.182. The monoisotopic (exact) mass is 253 g/mol. The van der Waals surface area contributed by atoms with E-state index in [9.17, 15) is 4.79 Å². The normalized spacial score (nSPS) is 10.5. The van der Waals surface area contributed by atoms with Crippen LogP contribution in [0.2, 0.25) is 0 Å². The summed E-state index contributed by atoms with van der Waals surface area (Å²) in [7, 11) is 0. The van der Waals surface area contributed by atoms with E-state index in [-0.39, 0.29) is 0 Å². The van der Waals surface area contributed by atoms with Crippen LogP contribution in [0.4, 0.5) is 0 Å². The molecular formula is C11H11NO2S2. The highest BCUT2D eigenvalue weighted by atomic mass is 32.1. The maximum atomic E-state index is 10.7. The number of hydrogen-bond donors (Lipinski definition) is 2. The molecule has 2 heterocycles. The second-order valence-corrected chi connectivity index (χ2v) is 5.45. The number of rotatable bonds is 5. The van der Waals surface area contributed by atoms with Gasteiger partial charge < -0.3 is 10.4 Å². The second-order valence-electron chi connectivity index (χ2n) is 3.25. The Balaban J connectivity index is 1.83. The first-order valence-electron chi connectivity index (χ1n) is 4.81. The van der Waals surface area contributed by atoms with E-state index in [0.717, 1.165) is 18.0 Å². The molecule has 0 spiro atoms. The summed E-state index contributed by atoms with van der Waals surface area (Å²) in [5.74, 6) is -0.852. The van der Waals surface area contributed by atoms with Crippen molar-refractivity contribution in [2.75, 3.05) is 0 Å². The molecule has 0 aliphatic heterocycles. The van der Waals surface area contributed by atoms with Crippen molar-refractivity contribution >= 4 is 28.6 Å². The Hall–Kier alpha value is -1.17. The van der Waals surface area contributed by atoms with Crippen molar-refractivity contribution in [1.82, 2.24) is 5.32 Å². The molecule has 0 bridgehead atoms. The first kappa shape index (κ1) is 11.3. The molecule has 2 aromatic heterocycles. The first-order chi connectivity index (χ1) is 7.75. The predicted octanol–water partition coefficient (Wildman–Crippen LogP) is 2.80. The first-order valence-corrected chi connectivity index (χ1v) is 6.50. The Morgan fingerprint density at radius 2 is 2.06 bits per heavy atom. The van der Waals surface area contributed by atoms with E-state index in [1.54, 1.807) is 17.4 Å². The summed E-state index contributed by atoms with van der Waals surface area (Å²) >= 11 is 3.03. The van der Waals surface area contributed by atoms with Crippen molar-refractivity contribution in [2.24, 2.45) is 0 Å². The van der Waals surface area contributed by atoms with Crippen molar-refractivity contribution in [2.45, 2.75) is 13.1 Å². The fourth-order valence-corrected chi connectivity index (χ4v) is 2.80. The smallest absolute Gasteiger partial charge is 0.345 e. The molecule has 2 N–H and O–H groups in total. The molecule has 0 radical (unpaired) electrons. The molecule has 0 atom stereocenters. The van der Waals surface area contributed by atoms with Gasteiger partial charge in [0.25, 0.3) is 0 Å². The van der Waals surface area contributed by atoms with Crippen molar-refractivity contribution in [3.8, 4) is 0 Å². The molecule has 5 heteroatoms. The molecular weight excluding hydrogens is 242 g/mol. The van der Waals surface area contributed by atoms with E-state index in [2.05, 4.69) is 11.4 Å². The van der Waals surface area contributed by atoms with Gasteiger partial charge in [0.05, 0.1) is 0 Å². The Bertz CT molecular complexity index is 462. The standard InChI is InChI=1S/C11H11NO2S2/c13-11(14)10-4-3-9(16-10)7-12-6-8-2-1-5-15-8/h1-5,12H,6-7H2,(H,13,14). The molecule has 0 aromatic carbocycles. The molecule has 2 aromatic rings. The Labute approximate surface area is 101 Å².